The number of carbonyl (C=O) groups is 1. The minimum Gasteiger partial charge on any atom is -0.381 e. The van der Waals surface area contributed by atoms with Crippen LogP contribution in [0.1, 0.15) is 25.7 Å². The lowest BCUT2D eigenvalue weighted by molar-refractivity contribution is -0.130. The SMILES string of the molecule is CN(CCC1CCOCC1)C(=O)CC1CSCCN1. The van der Waals surface area contributed by atoms with Crippen molar-refractivity contribution in [2.45, 2.75) is 31.7 Å². The van der Waals surface area contributed by atoms with Crippen LogP contribution in [-0.4, -0.2) is 61.7 Å². The molecule has 5 heteroatoms. The quantitative estimate of drug-likeness (QED) is 0.828. The molecule has 0 spiro atoms. The number of thioether (sulfide) groups is 1. The summed E-state index contributed by atoms with van der Waals surface area (Å²) in [6.45, 7) is 3.72. The summed E-state index contributed by atoms with van der Waals surface area (Å²) < 4.78 is 5.36. The third-order valence-electron chi connectivity index (χ3n) is 4.06. The van der Waals surface area contributed by atoms with E-state index in [1.54, 1.807) is 0 Å². The first-order valence-electron chi connectivity index (χ1n) is 7.38. The normalized spacial score (nSPS) is 25.2. The Kier molecular flexibility index (Phi) is 6.47. The molecule has 1 unspecified atom stereocenters. The van der Waals surface area contributed by atoms with Gasteiger partial charge in [-0.05, 0) is 25.2 Å². The van der Waals surface area contributed by atoms with Crippen molar-refractivity contribution < 1.29 is 9.53 Å². The van der Waals surface area contributed by atoms with Crippen molar-refractivity contribution in [1.29, 1.82) is 0 Å². The number of hydrogen-bond donors (Lipinski definition) is 1. The molecule has 2 heterocycles. The Balaban J connectivity index is 1.63. The van der Waals surface area contributed by atoms with Crippen LogP contribution < -0.4 is 5.32 Å². The lowest BCUT2D eigenvalue weighted by atomic mass is 9.96. The van der Waals surface area contributed by atoms with Gasteiger partial charge in [0.05, 0.1) is 0 Å². The maximum absolute atomic E-state index is 12.1. The summed E-state index contributed by atoms with van der Waals surface area (Å²) in [6, 6.07) is 0.372. The van der Waals surface area contributed by atoms with E-state index in [0.717, 1.165) is 57.2 Å². The summed E-state index contributed by atoms with van der Waals surface area (Å²) in [5, 5.41) is 3.43. The average molecular weight is 286 g/mol. The van der Waals surface area contributed by atoms with E-state index in [0.29, 0.717) is 12.5 Å². The Morgan fingerprint density at radius 3 is 2.89 bits per heavy atom. The number of ether oxygens (including phenoxy) is 1. The highest BCUT2D eigenvalue weighted by molar-refractivity contribution is 7.99. The van der Waals surface area contributed by atoms with Crippen LogP contribution in [0.25, 0.3) is 0 Å². The van der Waals surface area contributed by atoms with Gasteiger partial charge in [-0.2, -0.15) is 11.8 Å². The molecule has 0 bridgehead atoms. The fourth-order valence-corrected chi connectivity index (χ4v) is 3.60. The van der Waals surface area contributed by atoms with Crippen molar-refractivity contribution >= 4 is 17.7 Å². The van der Waals surface area contributed by atoms with Crippen LogP contribution in [-0.2, 0) is 9.53 Å². The van der Waals surface area contributed by atoms with Crippen LogP contribution >= 0.6 is 11.8 Å². The molecule has 0 aliphatic carbocycles. The summed E-state index contributed by atoms with van der Waals surface area (Å²) >= 11 is 1.95. The molecule has 110 valence electrons. The monoisotopic (exact) mass is 286 g/mol. The van der Waals surface area contributed by atoms with Crippen molar-refractivity contribution in [2.24, 2.45) is 5.92 Å². The zero-order chi connectivity index (χ0) is 13.5. The predicted octanol–water partition coefficient (Wildman–Crippen LogP) is 1.36. The number of nitrogens with zero attached hydrogens (tertiary/aromatic N) is 1. The molecule has 1 atom stereocenters. The molecule has 1 amide bonds. The van der Waals surface area contributed by atoms with Crippen molar-refractivity contribution in [3.05, 3.63) is 0 Å². The van der Waals surface area contributed by atoms with Gasteiger partial charge in [-0.15, -0.1) is 0 Å². The van der Waals surface area contributed by atoms with E-state index in [9.17, 15) is 4.79 Å². The first kappa shape index (κ1) is 15.1. The van der Waals surface area contributed by atoms with Crippen LogP contribution in [0, 0.1) is 5.92 Å². The number of hydrogen-bond acceptors (Lipinski definition) is 4. The molecule has 0 aromatic carbocycles. The van der Waals surface area contributed by atoms with Gasteiger partial charge >= 0.3 is 0 Å². The Hall–Kier alpha value is -0.260. The van der Waals surface area contributed by atoms with Gasteiger partial charge in [0.1, 0.15) is 0 Å². The van der Waals surface area contributed by atoms with Gasteiger partial charge in [0.15, 0.2) is 0 Å². The third kappa shape index (κ3) is 5.32. The Bertz CT molecular complexity index is 277. The van der Waals surface area contributed by atoms with Crippen molar-refractivity contribution in [1.82, 2.24) is 10.2 Å². The second-order valence-corrected chi connectivity index (χ2v) is 6.74. The minimum absolute atomic E-state index is 0.284. The molecule has 19 heavy (non-hydrogen) atoms. The van der Waals surface area contributed by atoms with E-state index in [1.165, 1.54) is 5.75 Å². The van der Waals surface area contributed by atoms with Crippen molar-refractivity contribution in [3.63, 3.8) is 0 Å². The maximum atomic E-state index is 12.1. The number of nitrogens with one attached hydrogen (secondary N) is 1. The fourth-order valence-electron chi connectivity index (χ4n) is 2.65. The Morgan fingerprint density at radius 1 is 1.42 bits per heavy atom. The molecule has 2 rings (SSSR count). The first-order chi connectivity index (χ1) is 9.25. The summed E-state index contributed by atoms with van der Waals surface area (Å²) in [6.07, 6.45) is 4.08. The smallest absolute Gasteiger partial charge is 0.223 e. The standard InChI is InChI=1S/C14H26N2O2S/c1-16(6-2-12-3-7-18-8-4-12)14(17)10-13-11-19-9-5-15-13/h12-13,15H,2-11H2,1H3. The molecule has 1 N–H and O–H groups in total. The molecule has 2 aliphatic rings. The molecule has 0 aromatic rings. The van der Waals surface area contributed by atoms with Crippen LogP contribution in [0.5, 0.6) is 0 Å². The van der Waals surface area contributed by atoms with E-state index in [1.807, 2.05) is 23.7 Å². The highest BCUT2D eigenvalue weighted by atomic mass is 32.2. The largest absolute Gasteiger partial charge is 0.381 e. The minimum atomic E-state index is 0.284. The average Bonchev–Trinajstić information content (AvgIpc) is 2.47. The number of amides is 1. The van der Waals surface area contributed by atoms with Gasteiger partial charge in [-0.3, -0.25) is 4.79 Å². The van der Waals surface area contributed by atoms with Gasteiger partial charge in [-0.1, -0.05) is 0 Å². The van der Waals surface area contributed by atoms with Crippen molar-refractivity contribution in [2.75, 3.05) is 44.9 Å². The van der Waals surface area contributed by atoms with Gasteiger partial charge < -0.3 is 15.0 Å². The summed E-state index contributed by atoms with van der Waals surface area (Å²) in [5.74, 6) is 3.27. The van der Waals surface area contributed by atoms with Gasteiger partial charge in [-0.25, -0.2) is 0 Å². The van der Waals surface area contributed by atoms with E-state index in [4.69, 9.17) is 4.74 Å². The third-order valence-corrected chi connectivity index (χ3v) is 5.19. The summed E-state index contributed by atoms with van der Waals surface area (Å²) in [7, 11) is 1.94. The van der Waals surface area contributed by atoms with E-state index < -0.39 is 0 Å². The molecule has 2 saturated heterocycles. The number of rotatable bonds is 5. The lowest BCUT2D eigenvalue weighted by Crippen LogP contribution is -2.42. The molecule has 4 nitrogen and oxygen atoms in total. The molecule has 0 aromatic heterocycles. The zero-order valence-electron chi connectivity index (χ0n) is 11.9. The second-order valence-electron chi connectivity index (χ2n) is 5.59. The topological polar surface area (TPSA) is 41.6 Å². The highest BCUT2D eigenvalue weighted by Crippen LogP contribution is 2.19. The van der Waals surface area contributed by atoms with E-state index in [2.05, 4.69) is 5.32 Å². The molecule has 0 saturated carbocycles. The maximum Gasteiger partial charge on any atom is 0.223 e. The summed E-state index contributed by atoms with van der Waals surface area (Å²) in [4.78, 5) is 14.0. The van der Waals surface area contributed by atoms with Gasteiger partial charge in [0.25, 0.3) is 0 Å². The molecule has 2 aliphatic heterocycles. The van der Waals surface area contributed by atoms with Crippen LogP contribution in [0.2, 0.25) is 0 Å². The first-order valence-corrected chi connectivity index (χ1v) is 8.54. The van der Waals surface area contributed by atoms with Crippen LogP contribution in [0.4, 0.5) is 0 Å². The van der Waals surface area contributed by atoms with Gasteiger partial charge in [0, 0.05) is 57.3 Å². The Labute approximate surface area is 120 Å². The summed E-state index contributed by atoms with van der Waals surface area (Å²) in [5.41, 5.74) is 0. The molecule has 0 radical (unpaired) electrons. The zero-order valence-corrected chi connectivity index (χ0v) is 12.7. The molecular formula is C14H26N2O2S. The second kappa shape index (κ2) is 8.12. The molecular weight excluding hydrogens is 260 g/mol. The van der Waals surface area contributed by atoms with Crippen LogP contribution in [0.3, 0.4) is 0 Å². The number of carbonyl (C=O) groups excluding carboxylic acids is 1. The van der Waals surface area contributed by atoms with Crippen LogP contribution in [0.15, 0.2) is 0 Å². The fraction of sp³-hybridized carbons (Fsp3) is 0.929. The Morgan fingerprint density at radius 2 is 2.21 bits per heavy atom. The highest BCUT2D eigenvalue weighted by Gasteiger charge is 2.20. The molecule has 2 fully saturated rings. The van der Waals surface area contributed by atoms with Gasteiger partial charge in [0.2, 0.25) is 5.91 Å². The van der Waals surface area contributed by atoms with E-state index >= 15 is 0 Å². The predicted molar refractivity (Wildman–Crippen MR) is 79.5 cm³/mol. The van der Waals surface area contributed by atoms with E-state index in [-0.39, 0.29) is 5.91 Å². The lowest BCUT2D eigenvalue weighted by Gasteiger charge is -2.27. The van der Waals surface area contributed by atoms with Crippen molar-refractivity contribution in [3.8, 4) is 0 Å².